The van der Waals surface area contributed by atoms with Gasteiger partial charge in [-0.05, 0) is 49.4 Å². The van der Waals surface area contributed by atoms with Gasteiger partial charge in [0.1, 0.15) is 0 Å². The van der Waals surface area contributed by atoms with Gasteiger partial charge in [0.25, 0.3) is 15.9 Å². The zero-order chi connectivity index (χ0) is 20.3. The summed E-state index contributed by atoms with van der Waals surface area (Å²) in [6.45, 7) is 1.85. The molecule has 3 aromatic rings. The Balaban J connectivity index is 1.78. The maximum absolute atomic E-state index is 13.3. The molecule has 0 spiro atoms. The molecular formula is C20H16F2N2O3S. The van der Waals surface area contributed by atoms with Gasteiger partial charge in [-0.15, -0.1) is 0 Å². The van der Waals surface area contributed by atoms with Crippen LogP contribution in [0.15, 0.2) is 71.6 Å². The lowest BCUT2D eigenvalue weighted by atomic mass is 10.2. The highest BCUT2D eigenvalue weighted by molar-refractivity contribution is 7.92. The Kier molecular flexibility index (Phi) is 5.41. The number of aryl methyl sites for hydroxylation is 1. The third-order valence-corrected chi connectivity index (χ3v) is 5.28. The number of rotatable bonds is 5. The van der Waals surface area contributed by atoms with Crippen molar-refractivity contribution in [2.24, 2.45) is 0 Å². The number of benzene rings is 3. The van der Waals surface area contributed by atoms with Crippen molar-refractivity contribution in [3.05, 3.63) is 89.5 Å². The van der Waals surface area contributed by atoms with Gasteiger partial charge in [0.2, 0.25) is 0 Å². The second-order valence-corrected chi connectivity index (χ2v) is 7.76. The Morgan fingerprint density at radius 1 is 0.857 bits per heavy atom. The summed E-state index contributed by atoms with van der Waals surface area (Å²) in [5.41, 5.74) is 1.34. The minimum Gasteiger partial charge on any atom is -0.322 e. The highest BCUT2D eigenvalue weighted by Crippen LogP contribution is 2.19. The average Bonchev–Trinajstić information content (AvgIpc) is 2.65. The minimum absolute atomic E-state index is 0.0783. The normalized spacial score (nSPS) is 11.1. The van der Waals surface area contributed by atoms with Crippen LogP contribution in [0, 0.1) is 18.6 Å². The molecule has 0 saturated heterocycles. The number of amides is 1. The summed E-state index contributed by atoms with van der Waals surface area (Å²) < 4.78 is 53.6. The van der Waals surface area contributed by atoms with Crippen LogP contribution >= 0.6 is 0 Å². The molecule has 0 aliphatic carbocycles. The van der Waals surface area contributed by atoms with Crippen LogP contribution < -0.4 is 10.0 Å². The zero-order valence-corrected chi connectivity index (χ0v) is 15.6. The van der Waals surface area contributed by atoms with Crippen molar-refractivity contribution < 1.29 is 22.0 Å². The Morgan fingerprint density at radius 2 is 1.57 bits per heavy atom. The summed E-state index contributed by atoms with van der Waals surface area (Å²) in [5, 5.41) is 2.43. The number of hydrogen-bond donors (Lipinski definition) is 2. The van der Waals surface area contributed by atoms with E-state index in [4.69, 9.17) is 0 Å². The molecule has 28 heavy (non-hydrogen) atoms. The number of sulfonamides is 1. The maximum atomic E-state index is 13.3. The van der Waals surface area contributed by atoms with Gasteiger partial charge >= 0.3 is 0 Å². The van der Waals surface area contributed by atoms with Crippen LogP contribution in [0.3, 0.4) is 0 Å². The van der Waals surface area contributed by atoms with Crippen LogP contribution in [0.4, 0.5) is 20.2 Å². The molecule has 0 aliphatic heterocycles. The van der Waals surface area contributed by atoms with Crippen LogP contribution in [0.5, 0.6) is 0 Å². The smallest absolute Gasteiger partial charge is 0.261 e. The van der Waals surface area contributed by atoms with E-state index in [0.717, 1.165) is 17.7 Å². The molecule has 0 radical (unpaired) electrons. The molecule has 0 unspecified atom stereocenters. The van der Waals surface area contributed by atoms with Gasteiger partial charge in [0.15, 0.2) is 11.6 Å². The molecule has 8 heteroatoms. The third-order valence-electron chi connectivity index (χ3n) is 3.89. The van der Waals surface area contributed by atoms with E-state index >= 15 is 0 Å². The van der Waals surface area contributed by atoms with Gasteiger partial charge in [0.05, 0.1) is 4.90 Å². The van der Waals surface area contributed by atoms with Gasteiger partial charge < -0.3 is 5.32 Å². The predicted octanol–water partition coefficient (Wildman–Crippen LogP) is 4.33. The number of carbonyl (C=O) groups is 1. The first-order valence-electron chi connectivity index (χ1n) is 8.20. The van der Waals surface area contributed by atoms with Crippen molar-refractivity contribution in [1.29, 1.82) is 0 Å². The Bertz CT molecular complexity index is 1130. The highest BCUT2D eigenvalue weighted by Gasteiger charge is 2.15. The Morgan fingerprint density at radius 3 is 2.25 bits per heavy atom. The molecule has 0 aromatic heterocycles. The first kappa shape index (κ1) is 19.5. The molecule has 2 N–H and O–H groups in total. The fourth-order valence-corrected chi connectivity index (χ4v) is 3.48. The quantitative estimate of drug-likeness (QED) is 0.667. The van der Waals surface area contributed by atoms with E-state index < -0.39 is 27.6 Å². The second kappa shape index (κ2) is 7.77. The maximum Gasteiger partial charge on any atom is 0.261 e. The van der Waals surface area contributed by atoms with Crippen molar-refractivity contribution in [2.75, 3.05) is 10.0 Å². The van der Waals surface area contributed by atoms with Crippen LogP contribution in [-0.4, -0.2) is 14.3 Å². The highest BCUT2D eigenvalue weighted by atomic mass is 32.2. The molecule has 1 amide bonds. The van der Waals surface area contributed by atoms with E-state index in [9.17, 15) is 22.0 Å². The number of halogens is 2. The number of nitrogens with one attached hydrogen (secondary N) is 2. The number of anilines is 2. The van der Waals surface area contributed by atoms with Crippen molar-refractivity contribution in [3.63, 3.8) is 0 Å². The number of hydrogen-bond acceptors (Lipinski definition) is 3. The first-order valence-corrected chi connectivity index (χ1v) is 9.69. The lowest BCUT2D eigenvalue weighted by molar-refractivity contribution is 0.102. The summed E-state index contributed by atoms with van der Waals surface area (Å²) in [5.74, 6) is -2.70. The second-order valence-electron chi connectivity index (χ2n) is 6.08. The molecule has 0 atom stereocenters. The van der Waals surface area contributed by atoms with Gasteiger partial charge in [-0.2, -0.15) is 0 Å². The Hall–Kier alpha value is -3.26. The van der Waals surface area contributed by atoms with Crippen LogP contribution in [0.2, 0.25) is 0 Å². The zero-order valence-electron chi connectivity index (χ0n) is 14.7. The molecule has 0 saturated carbocycles. The minimum atomic E-state index is -3.81. The lowest BCUT2D eigenvalue weighted by Gasteiger charge is -2.10. The molecule has 0 aliphatic rings. The molecule has 3 rings (SSSR count). The average molecular weight is 402 g/mol. The van der Waals surface area contributed by atoms with E-state index in [1.165, 1.54) is 42.5 Å². The monoisotopic (exact) mass is 402 g/mol. The largest absolute Gasteiger partial charge is 0.322 e. The molecular weight excluding hydrogens is 386 g/mol. The first-order chi connectivity index (χ1) is 13.2. The topological polar surface area (TPSA) is 75.3 Å². The Labute approximate surface area is 161 Å². The van der Waals surface area contributed by atoms with Crippen LogP contribution in [0.25, 0.3) is 0 Å². The van der Waals surface area contributed by atoms with E-state index in [0.29, 0.717) is 0 Å². The van der Waals surface area contributed by atoms with Gasteiger partial charge in [0, 0.05) is 23.0 Å². The summed E-state index contributed by atoms with van der Waals surface area (Å²) in [4.78, 5) is 12.4. The molecule has 0 heterocycles. The van der Waals surface area contributed by atoms with Crippen molar-refractivity contribution >= 4 is 27.3 Å². The number of carbonyl (C=O) groups excluding carboxylic acids is 1. The summed E-state index contributed by atoms with van der Waals surface area (Å²) in [6.07, 6.45) is 0. The van der Waals surface area contributed by atoms with E-state index in [-0.39, 0.29) is 21.8 Å². The van der Waals surface area contributed by atoms with Gasteiger partial charge in [-0.1, -0.05) is 23.8 Å². The van der Waals surface area contributed by atoms with Gasteiger partial charge in [-0.3, -0.25) is 9.52 Å². The van der Waals surface area contributed by atoms with E-state index in [1.54, 1.807) is 12.1 Å². The van der Waals surface area contributed by atoms with Crippen LogP contribution in [-0.2, 0) is 10.0 Å². The molecule has 0 bridgehead atoms. The standard InChI is InChI=1S/C20H16F2N2O3S/c1-13-5-8-17(9-6-13)28(26,27)24-16-4-2-3-14(11-16)20(25)23-15-7-10-18(21)19(22)12-15/h2-12,24H,1H3,(H,23,25). The van der Waals surface area contributed by atoms with E-state index in [2.05, 4.69) is 10.0 Å². The third kappa shape index (κ3) is 4.52. The SMILES string of the molecule is Cc1ccc(S(=O)(=O)Nc2cccc(C(=O)Nc3ccc(F)c(F)c3)c2)cc1. The summed E-state index contributed by atoms with van der Waals surface area (Å²) >= 11 is 0. The lowest BCUT2D eigenvalue weighted by Crippen LogP contribution is -2.15. The van der Waals surface area contributed by atoms with Gasteiger partial charge in [-0.25, -0.2) is 17.2 Å². The molecule has 5 nitrogen and oxygen atoms in total. The predicted molar refractivity (Wildman–Crippen MR) is 103 cm³/mol. The fraction of sp³-hybridized carbons (Fsp3) is 0.0500. The molecule has 3 aromatic carbocycles. The summed E-state index contributed by atoms with van der Waals surface area (Å²) in [6, 6.07) is 15.1. The van der Waals surface area contributed by atoms with E-state index in [1.807, 2.05) is 6.92 Å². The summed E-state index contributed by atoms with van der Waals surface area (Å²) in [7, 11) is -3.81. The van der Waals surface area contributed by atoms with Crippen molar-refractivity contribution in [1.82, 2.24) is 0 Å². The molecule has 0 fully saturated rings. The molecule has 144 valence electrons. The van der Waals surface area contributed by atoms with Crippen LogP contribution in [0.1, 0.15) is 15.9 Å². The van der Waals surface area contributed by atoms with Crippen molar-refractivity contribution in [3.8, 4) is 0 Å². The van der Waals surface area contributed by atoms with Crippen molar-refractivity contribution in [2.45, 2.75) is 11.8 Å². The fourth-order valence-electron chi connectivity index (χ4n) is 2.43.